The molecule has 26 heavy (non-hydrogen) atoms. The minimum atomic E-state index is 0.766. The molecule has 0 unspecified atom stereocenters. The molecule has 1 saturated carbocycles. The summed E-state index contributed by atoms with van der Waals surface area (Å²) < 4.78 is 0. The molecule has 2 aromatic rings. The Morgan fingerprint density at radius 2 is 1.92 bits per heavy atom. The van der Waals surface area contributed by atoms with Gasteiger partial charge in [0.1, 0.15) is 0 Å². The van der Waals surface area contributed by atoms with Crippen LogP contribution in [0.1, 0.15) is 37.7 Å². The monoisotopic (exact) mass is 355 g/mol. The number of aromatic nitrogens is 1. The van der Waals surface area contributed by atoms with Gasteiger partial charge in [-0.15, -0.1) is 0 Å². The third-order valence-corrected chi connectivity index (χ3v) is 5.54. The SMILES string of the molecule is CN=C(NCCc1c[nH]c2ccccc12)NCCN(C)C1CCCCC1. The number of H-pyrrole nitrogens is 1. The van der Waals surface area contributed by atoms with Gasteiger partial charge in [0.25, 0.3) is 0 Å². The number of nitrogens with one attached hydrogen (secondary N) is 3. The van der Waals surface area contributed by atoms with Crippen molar-refractivity contribution in [1.82, 2.24) is 20.5 Å². The molecule has 1 aromatic carbocycles. The number of benzene rings is 1. The molecule has 0 atom stereocenters. The third kappa shape index (κ3) is 5.01. The quantitative estimate of drug-likeness (QED) is 0.528. The minimum absolute atomic E-state index is 0.766. The first-order valence-corrected chi connectivity index (χ1v) is 9.97. The summed E-state index contributed by atoms with van der Waals surface area (Å²) in [4.78, 5) is 10.2. The molecule has 0 aliphatic heterocycles. The van der Waals surface area contributed by atoms with Crippen molar-refractivity contribution in [2.24, 2.45) is 4.99 Å². The average Bonchev–Trinajstić information content (AvgIpc) is 3.10. The highest BCUT2D eigenvalue weighted by molar-refractivity contribution is 5.83. The van der Waals surface area contributed by atoms with E-state index < -0.39 is 0 Å². The zero-order chi connectivity index (χ0) is 18.2. The molecule has 3 rings (SSSR count). The largest absolute Gasteiger partial charge is 0.361 e. The molecule has 1 aliphatic carbocycles. The second-order valence-corrected chi connectivity index (χ2v) is 7.31. The fourth-order valence-corrected chi connectivity index (χ4v) is 3.93. The summed E-state index contributed by atoms with van der Waals surface area (Å²) in [5, 5.41) is 8.19. The van der Waals surface area contributed by atoms with Crippen LogP contribution in [0.4, 0.5) is 0 Å². The highest BCUT2D eigenvalue weighted by Gasteiger charge is 2.17. The number of guanidine groups is 1. The van der Waals surface area contributed by atoms with Gasteiger partial charge < -0.3 is 20.5 Å². The number of para-hydroxylation sites is 1. The van der Waals surface area contributed by atoms with Crippen molar-refractivity contribution < 1.29 is 0 Å². The summed E-state index contributed by atoms with van der Waals surface area (Å²) in [7, 11) is 4.09. The summed E-state index contributed by atoms with van der Waals surface area (Å²) in [6.45, 7) is 2.87. The van der Waals surface area contributed by atoms with Gasteiger partial charge in [0.05, 0.1) is 0 Å². The predicted octanol–water partition coefficient (Wildman–Crippen LogP) is 3.14. The lowest BCUT2D eigenvalue weighted by Crippen LogP contribution is -2.43. The Hall–Kier alpha value is -2.01. The standard InChI is InChI=1S/C21H33N5/c1-22-21(24-14-15-26(2)18-8-4-3-5-9-18)23-13-12-17-16-25-20-11-7-6-10-19(17)20/h6-7,10-11,16,18,25H,3-5,8-9,12-15H2,1-2H3,(H2,22,23,24). The van der Waals surface area contributed by atoms with Crippen molar-refractivity contribution in [1.29, 1.82) is 0 Å². The van der Waals surface area contributed by atoms with E-state index in [1.807, 2.05) is 7.05 Å². The highest BCUT2D eigenvalue weighted by Crippen LogP contribution is 2.21. The Labute approximate surface area is 157 Å². The van der Waals surface area contributed by atoms with E-state index in [0.29, 0.717) is 0 Å². The van der Waals surface area contributed by atoms with Crippen molar-refractivity contribution in [3.05, 3.63) is 36.0 Å². The van der Waals surface area contributed by atoms with Crippen LogP contribution in [0.3, 0.4) is 0 Å². The summed E-state index contributed by atoms with van der Waals surface area (Å²) in [6, 6.07) is 9.22. The van der Waals surface area contributed by atoms with Crippen LogP contribution >= 0.6 is 0 Å². The van der Waals surface area contributed by atoms with E-state index in [4.69, 9.17) is 0 Å². The van der Waals surface area contributed by atoms with Crippen molar-refractivity contribution in [3.63, 3.8) is 0 Å². The smallest absolute Gasteiger partial charge is 0.191 e. The average molecular weight is 356 g/mol. The van der Waals surface area contributed by atoms with Gasteiger partial charge in [-0.1, -0.05) is 37.5 Å². The number of nitrogens with zero attached hydrogens (tertiary/aromatic N) is 2. The molecule has 0 spiro atoms. The van der Waals surface area contributed by atoms with Gasteiger partial charge in [0.2, 0.25) is 0 Å². The molecule has 0 radical (unpaired) electrons. The van der Waals surface area contributed by atoms with Crippen LogP contribution < -0.4 is 10.6 Å². The Bertz CT molecular complexity index is 699. The van der Waals surface area contributed by atoms with Crippen LogP contribution in [0.2, 0.25) is 0 Å². The fraction of sp³-hybridized carbons (Fsp3) is 0.571. The molecule has 5 nitrogen and oxygen atoms in total. The van der Waals surface area contributed by atoms with E-state index in [-0.39, 0.29) is 0 Å². The van der Waals surface area contributed by atoms with Crippen LogP contribution in [0, 0.1) is 0 Å². The lowest BCUT2D eigenvalue weighted by molar-refractivity contribution is 0.194. The van der Waals surface area contributed by atoms with E-state index in [9.17, 15) is 0 Å². The van der Waals surface area contributed by atoms with Crippen LogP contribution in [-0.4, -0.2) is 55.6 Å². The predicted molar refractivity (Wildman–Crippen MR) is 111 cm³/mol. The van der Waals surface area contributed by atoms with Gasteiger partial charge in [-0.2, -0.15) is 0 Å². The first-order chi connectivity index (χ1) is 12.8. The maximum atomic E-state index is 4.35. The number of hydrogen-bond donors (Lipinski definition) is 3. The number of likely N-dealkylation sites (N-methyl/N-ethyl adjacent to an activating group) is 1. The molecule has 0 saturated heterocycles. The fourth-order valence-electron chi connectivity index (χ4n) is 3.93. The van der Waals surface area contributed by atoms with Gasteiger partial charge in [0.15, 0.2) is 5.96 Å². The Morgan fingerprint density at radius 1 is 1.15 bits per heavy atom. The second-order valence-electron chi connectivity index (χ2n) is 7.31. The maximum Gasteiger partial charge on any atom is 0.191 e. The molecule has 3 N–H and O–H groups in total. The molecular formula is C21H33N5. The van der Waals surface area contributed by atoms with E-state index >= 15 is 0 Å². The molecule has 0 amide bonds. The molecule has 1 aromatic heterocycles. The van der Waals surface area contributed by atoms with Crippen LogP contribution in [0.15, 0.2) is 35.5 Å². The topological polar surface area (TPSA) is 55.5 Å². The second kappa shape index (κ2) is 9.62. The maximum absolute atomic E-state index is 4.35. The van der Waals surface area contributed by atoms with Crippen molar-refractivity contribution in [3.8, 4) is 0 Å². The van der Waals surface area contributed by atoms with E-state index in [2.05, 4.69) is 63.0 Å². The molecule has 1 fully saturated rings. The molecule has 1 heterocycles. The van der Waals surface area contributed by atoms with Crippen molar-refractivity contribution in [2.75, 3.05) is 33.7 Å². The van der Waals surface area contributed by atoms with Crippen LogP contribution in [0.5, 0.6) is 0 Å². The highest BCUT2D eigenvalue weighted by atomic mass is 15.2. The Kier molecular flexibility index (Phi) is 6.95. The summed E-state index contributed by atoms with van der Waals surface area (Å²) in [5.41, 5.74) is 2.55. The van der Waals surface area contributed by atoms with Gasteiger partial charge in [-0.05, 0) is 37.9 Å². The van der Waals surface area contributed by atoms with Gasteiger partial charge >= 0.3 is 0 Å². The van der Waals surface area contributed by atoms with Gasteiger partial charge in [0, 0.05) is 49.8 Å². The lowest BCUT2D eigenvalue weighted by Gasteiger charge is -2.31. The van der Waals surface area contributed by atoms with Crippen molar-refractivity contribution >= 4 is 16.9 Å². The van der Waals surface area contributed by atoms with Gasteiger partial charge in [-0.25, -0.2) is 0 Å². The number of fused-ring (bicyclic) bond motifs is 1. The lowest BCUT2D eigenvalue weighted by atomic mass is 9.94. The number of rotatable bonds is 7. The summed E-state index contributed by atoms with van der Waals surface area (Å²) in [5.74, 6) is 0.891. The third-order valence-electron chi connectivity index (χ3n) is 5.54. The van der Waals surface area contributed by atoms with E-state index in [1.54, 1.807) is 0 Å². The summed E-state index contributed by atoms with van der Waals surface area (Å²) in [6.07, 6.45) is 9.99. The van der Waals surface area contributed by atoms with Gasteiger partial charge in [-0.3, -0.25) is 4.99 Å². The molecule has 5 heteroatoms. The first-order valence-electron chi connectivity index (χ1n) is 9.97. The van der Waals surface area contributed by atoms with Crippen molar-refractivity contribution in [2.45, 2.75) is 44.6 Å². The normalized spacial score (nSPS) is 16.3. The zero-order valence-corrected chi connectivity index (χ0v) is 16.2. The summed E-state index contributed by atoms with van der Waals surface area (Å²) >= 11 is 0. The molecule has 142 valence electrons. The van der Waals surface area contributed by atoms with E-state index in [0.717, 1.165) is 38.1 Å². The zero-order valence-electron chi connectivity index (χ0n) is 16.2. The van der Waals surface area contributed by atoms with Crippen LogP contribution in [0.25, 0.3) is 10.9 Å². The number of aliphatic imine (C=N–C) groups is 1. The molecule has 1 aliphatic rings. The Morgan fingerprint density at radius 3 is 2.73 bits per heavy atom. The van der Waals surface area contributed by atoms with E-state index in [1.165, 1.54) is 48.6 Å². The Balaban J connectivity index is 1.38. The number of hydrogen-bond acceptors (Lipinski definition) is 2. The molecule has 0 bridgehead atoms. The molecular weight excluding hydrogens is 322 g/mol. The minimum Gasteiger partial charge on any atom is -0.361 e. The number of aromatic amines is 1. The van der Waals surface area contributed by atoms with Crippen LogP contribution in [-0.2, 0) is 6.42 Å². The first kappa shape index (κ1) is 18.8.